The molecule has 148 valence electrons. The molecule has 0 saturated carbocycles. The maximum absolute atomic E-state index is 12.0. The van der Waals surface area contributed by atoms with Crippen LogP contribution in [0.25, 0.3) is 0 Å². The average Bonchev–Trinajstić information content (AvgIpc) is 2.74. The lowest BCUT2D eigenvalue weighted by molar-refractivity contribution is -0.116. The molecule has 0 radical (unpaired) electrons. The summed E-state index contributed by atoms with van der Waals surface area (Å²) in [6.45, 7) is 7.28. The summed E-state index contributed by atoms with van der Waals surface area (Å²) in [6.07, 6.45) is 4.67. The van der Waals surface area contributed by atoms with Crippen LogP contribution in [-0.4, -0.2) is 60.2 Å². The van der Waals surface area contributed by atoms with Crippen LogP contribution in [0.5, 0.6) is 5.75 Å². The molecule has 0 unspecified atom stereocenters. The van der Waals surface area contributed by atoms with E-state index in [1.165, 1.54) is 5.56 Å². The minimum absolute atomic E-state index is 0.000886. The van der Waals surface area contributed by atoms with E-state index >= 15 is 0 Å². The molecule has 28 heavy (non-hydrogen) atoms. The molecule has 1 amide bonds. The molecule has 3 heterocycles. The summed E-state index contributed by atoms with van der Waals surface area (Å²) in [5, 5.41) is 10.3. The molecule has 4 rings (SSSR count). The quantitative estimate of drug-likeness (QED) is 0.883. The number of piperazine rings is 1. The molecule has 6 nitrogen and oxygen atoms in total. The van der Waals surface area contributed by atoms with Gasteiger partial charge in [0.25, 0.3) is 0 Å². The summed E-state index contributed by atoms with van der Waals surface area (Å²) in [5.74, 6) is 1.27. The number of aromatic nitrogens is 1. The summed E-state index contributed by atoms with van der Waals surface area (Å²) in [7, 11) is 0. The first-order valence-corrected chi connectivity index (χ1v) is 10.1. The van der Waals surface area contributed by atoms with E-state index < -0.39 is 0 Å². The number of benzene rings is 1. The number of hydrogen-bond donors (Lipinski definition) is 1. The number of anilines is 2. The van der Waals surface area contributed by atoms with Gasteiger partial charge in [-0.15, -0.1) is 0 Å². The van der Waals surface area contributed by atoms with Crippen molar-refractivity contribution in [2.45, 2.75) is 26.2 Å². The number of fused-ring (bicyclic) bond motifs is 1. The van der Waals surface area contributed by atoms with Crippen LogP contribution in [-0.2, 0) is 17.6 Å². The van der Waals surface area contributed by atoms with Gasteiger partial charge < -0.3 is 14.9 Å². The van der Waals surface area contributed by atoms with E-state index in [1.54, 1.807) is 17.9 Å². The normalized spacial score (nSPS) is 17.5. The molecule has 1 N–H and O–H groups in total. The topological polar surface area (TPSA) is 59.9 Å². The van der Waals surface area contributed by atoms with Crippen LogP contribution in [0, 0.1) is 0 Å². The van der Waals surface area contributed by atoms with Crippen LogP contribution in [0.2, 0.25) is 0 Å². The molecule has 1 aromatic heterocycles. The number of rotatable bonds is 4. The zero-order chi connectivity index (χ0) is 19.5. The van der Waals surface area contributed by atoms with E-state index in [4.69, 9.17) is 0 Å². The van der Waals surface area contributed by atoms with E-state index in [9.17, 15) is 9.90 Å². The van der Waals surface area contributed by atoms with Gasteiger partial charge in [0.1, 0.15) is 11.6 Å². The van der Waals surface area contributed by atoms with Gasteiger partial charge in [-0.1, -0.05) is 12.1 Å². The second-order valence-corrected chi connectivity index (χ2v) is 7.61. The van der Waals surface area contributed by atoms with Crippen molar-refractivity contribution in [3.63, 3.8) is 0 Å². The minimum atomic E-state index is -0.000886. The third-order valence-corrected chi connectivity index (χ3v) is 5.86. The van der Waals surface area contributed by atoms with Crippen LogP contribution in [0.15, 0.2) is 36.5 Å². The Hall–Kier alpha value is -2.60. The molecular weight excluding hydrogens is 352 g/mol. The first-order chi connectivity index (χ1) is 13.6. The van der Waals surface area contributed by atoms with Crippen LogP contribution in [0.1, 0.15) is 24.5 Å². The second kappa shape index (κ2) is 8.19. The minimum Gasteiger partial charge on any atom is -0.506 e. The largest absolute Gasteiger partial charge is 0.506 e. The van der Waals surface area contributed by atoms with Crippen molar-refractivity contribution in [1.82, 2.24) is 9.88 Å². The van der Waals surface area contributed by atoms with E-state index in [1.807, 2.05) is 24.4 Å². The fourth-order valence-corrected chi connectivity index (χ4v) is 4.34. The van der Waals surface area contributed by atoms with Gasteiger partial charge >= 0.3 is 0 Å². The molecule has 0 atom stereocenters. The number of aromatic hydroxyl groups is 1. The van der Waals surface area contributed by atoms with Crippen molar-refractivity contribution in [2.75, 3.05) is 49.1 Å². The highest BCUT2D eigenvalue weighted by atomic mass is 16.3. The number of phenolic OH excluding ortho intramolecular Hbond substituents is 1. The lowest BCUT2D eigenvalue weighted by Crippen LogP contribution is -2.47. The Morgan fingerprint density at radius 2 is 1.93 bits per heavy atom. The Morgan fingerprint density at radius 3 is 2.64 bits per heavy atom. The molecule has 0 spiro atoms. The molecule has 2 aliphatic heterocycles. The van der Waals surface area contributed by atoms with E-state index in [-0.39, 0.29) is 11.7 Å². The number of carbonyl (C=O) groups excluding carboxylic acids is 1. The molecule has 2 aromatic rings. The number of hydrogen-bond acceptors (Lipinski definition) is 5. The summed E-state index contributed by atoms with van der Waals surface area (Å²) in [6, 6.07) is 9.83. The fraction of sp³-hybridized carbons (Fsp3) is 0.455. The molecule has 1 fully saturated rings. The number of carbonyl (C=O) groups is 1. The van der Waals surface area contributed by atoms with Crippen molar-refractivity contribution in [3.8, 4) is 5.75 Å². The van der Waals surface area contributed by atoms with Gasteiger partial charge in [0.15, 0.2) is 0 Å². The molecule has 1 aromatic carbocycles. The first kappa shape index (κ1) is 18.7. The Morgan fingerprint density at radius 1 is 1.11 bits per heavy atom. The predicted octanol–water partition coefficient (Wildman–Crippen LogP) is 2.45. The molecular formula is C22H28N4O2. The van der Waals surface area contributed by atoms with Crippen molar-refractivity contribution < 1.29 is 9.90 Å². The van der Waals surface area contributed by atoms with Crippen LogP contribution in [0.4, 0.5) is 11.5 Å². The Labute approximate surface area is 166 Å². The summed E-state index contributed by atoms with van der Waals surface area (Å²) >= 11 is 0. The van der Waals surface area contributed by atoms with Gasteiger partial charge in [0.2, 0.25) is 5.91 Å². The average molecular weight is 380 g/mol. The summed E-state index contributed by atoms with van der Waals surface area (Å²) < 4.78 is 0. The van der Waals surface area contributed by atoms with Gasteiger partial charge in [-0.25, -0.2) is 4.98 Å². The molecule has 0 bridgehead atoms. The van der Waals surface area contributed by atoms with Crippen LogP contribution in [0.3, 0.4) is 0 Å². The van der Waals surface area contributed by atoms with Crippen LogP contribution >= 0.6 is 0 Å². The zero-order valence-electron chi connectivity index (χ0n) is 16.5. The number of nitrogens with zero attached hydrogens (tertiary/aromatic N) is 4. The molecule has 2 aliphatic rings. The SMILES string of the molecule is CC(=O)N1CCCc2c(CCN3CCN(c4ccccn4)CC3)ccc(O)c21. The lowest BCUT2D eigenvalue weighted by Gasteiger charge is -2.36. The molecule has 0 aliphatic carbocycles. The number of phenols is 1. The monoisotopic (exact) mass is 380 g/mol. The Balaban J connectivity index is 1.40. The predicted molar refractivity (Wildman–Crippen MR) is 111 cm³/mol. The third kappa shape index (κ3) is 3.83. The van der Waals surface area contributed by atoms with Crippen molar-refractivity contribution >= 4 is 17.4 Å². The van der Waals surface area contributed by atoms with Gasteiger partial charge in [-0.3, -0.25) is 9.69 Å². The number of pyridine rings is 1. The van der Waals surface area contributed by atoms with Gasteiger partial charge in [-0.05, 0) is 48.6 Å². The third-order valence-electron chi connectivity index (χ3n) is 5.86. The van der Waals surface area contributed by atoms with Crippen molar-refractivity contribution in [3.05, 3.63) is 47.7 Å². The van der Waals surface area contributed by atoms with Gasteiger partial charge in [0, 0.05) is 52.4 Å². The van der Waals surface area contributed by atoms with E-state index in [0.717, 1.165) is 69.1 Å². The maximum Gasteiger partial charge on any atom is 0.223 e. The van der Waals surface area contributed by atoms with Crippen molar-refractivity contribution in [1.29, 1.82) is 0 Å². The molecule has 6 heteroatoms. The van der Waals surface area contributed by atoms with Crippen molar-refractivity contribution in [2.24, 2.45) is 0 Å². The zero-order valence-corrected chi connectivity index (χ0v) is 16.5. The standard InChI is InChI=1S/C22H28N4O2/c1-17(27)26-11-4-5-19-18(7-8-20(28)22(19)26)9-12-24-13-15-25(16-14-24)21-6-2-3-10-23-21/h2-3,6-8,10,28H,4-5,9,11-16H2,1H3. The highest BCUT2D eigenvalue weighted by molar-refractivity contribution is 5.94. The van der Waals surface area contributed by atoms with Crippen LogP contribution < -0.4 is 9.80 Å². The van der Waals surface area contributed by atoms with E-state index in [2.05, 4.69) is 20.9 Å². The van der Waals surface area contributed by atoms with Gasteiger partial charge in [-0.2, -0.15) is 0 Å². The first-order valence-electron chi connectivity index (χ1n) is 10.1. The van der Waals surface area contributed by atoms with Gasteiger partial charge in [0.05, 0.1) is 5.69 Å². The summed E-state index contributed by atoms with van der Waals surface area (Å²) in [5.41, 5.74) is 3.13. The Bertz CT molecular complexity index is 832. The second-order valence-electron chi connectivity index (χ2n) is 7.61. The number of amides is 1. The highest BCUT2D eigenvalue weighted by Crippen LogP contribution is 2.38. The maximum atomic E-state index is 12.0. The Kier molecular flexibility index (Phi) is 5.48. The fourth-order valence-electron chi connectivity index (χ4n) is 4.34. The summed E-state index contributed by atoms with van der Waals surface area (Å²) in [4.78, 5) is 23.0. The smallest absolute Gasteiger partial charge is 0.223 e. The lowest BCUT2D eigenvalue weighted by atomic mass is 9.93. The molecule has 1 saturated heterocycles. The van der Waals surface area contributed by atoms with E-state index in [0.29, 0.717) is 6.54 Å². The highest BCUT2D eigenvalue weighted by Gasteiger charge is 2.26.